The zero-order chi connectivity index (χ0) is 23.7. The second-order valence-corrected chi connectivity index (χ2v) is 8.71. The fourth-order valence-electron chi connectivity index (χ4n) is 4.01. The predicted octanol–water partition coefficient (Wildman–Crippen LogP) is 5.00. The van der Waals surface area contributed by atoms with Crippen LogP contribution in [0, 0.1) is 5.92 Å². The normalized spacial score (nSPS) is 17.0. The van der Waals surface area contributed by atoms with Crippen LogP contribution in [0.2, 0.25) is 0 Å². The SMILES string of the molecule is CC1CCCN(Cc2ccccc2CNC(=O)NCc2ccc(COCC(F)(F)F)cc2)C1. The molecular formula is C25H32F3N3O2. The summed E-state index contributed by atoms with van der Waals surface area (Å²) in [4.78, 5) is 14.8. The average Bonchev–Trinajstić information content (AvgIpc) is 2.77. The zero-order valence-corrected chi connectivity index (χ0v) is 19.0. The standard InChI is InChI=1S/C25H32F3N3O2/c1-19-5-4-12-31(15-19)16-23-7-3-2-6-22(23)14-30-24(32)29-13-20-8-10-21(11-9-20)17-33-18-25(26,27)28/h2-3,6-11,19H,4-5,12-18H2,1H3,(H2,29,30,32). The van der Waals surface area contributed by atoms with Gasteiger partial charge in [0.05, 0.1) is 6.61 Å². The Bertz CT molecular complexity index is 887. The van der Waals surface area contributed by atoms with Crippen molar-refractivity contribution in [3.63, 3.8) is 0 Å². The van der Waals surface area contributed by atoms with Gasteiger partial charge < -0.3 is 15.4 Å². The smallest absolute Gasteiger partial charge is 0.367 e. The maximum absolute atomic E-state index is 12.3. The molecule has 2 amide bonds. The van der Waals surface area contributed by atoms with Gasteiger partial charge in [0, 0.05) is 26.2 Å². The molecule has 0 aromatic heterocycles. The van der Waals surface area contributed by atoms with Crippen molar-refractivity contribution in [2.75, 3.05) is 19.7 Å². The number of ether oxygens (including phenoxy) is 1. The van der Waals surface area contributed by atoms with Crippen LogP contribution in [0.25, 0.3) is 0 Å². The highest BCUT2D eigenvalue weighted by Gasteiger charge is 2.27. The topological polar surface area (TPSA) is 53.6 Å². The van der Waals surface area contributed by atoms with Crippen LogP contribution >= 0.6 is 0 Å². The third-order valence-corrected chi connectivity index (χ3v) is 5.70. The second-order valence-electron chi connectivity index (χ2n) is 8.71. The number of piperidine rings is 1. The van der Waals surface area contributed by atoms with Gasteiger partial charge in [0.1, 0.15) is 6.61 Å². The molecule has 0 aliphatic carbocycles. The third-order valence-electron chi connectivity index (χ3n) is 5.70. The van der Waals surface area contributed by atoms with E-state index >= 15 is 0 Å². The Hall–Kier alpha value is -2.58. The van der Waals surface area contributed by atoms with Crippen LogP contribution in [-0.2, 0) is 31.0 Å². The highest BCUT2D eigenvalue weighted by atomic mass is 19.4. The fraction of sp³-hybridized carbons (Fsp3) is 0.480. The number of rotatable bonds is 9. The molecule has 2 aromatic carbocycles. The Balaban J connectivity index is 1.42. The maximum Gasteiger partial charge on any atom is 0.411 e. The van der Waals surface area contributed by atoms with E-state index in [4.69, 9.17) is 0 Å². The molecule has 1 fully saturated rings. The lowest BCUT2D eigenvalue weighted by Crippen LogP contribution is -2.36. The number of nitrogens with zero attached hydrogens (tertiary/aromatic N) is 1. The molecule has 8 heteroatoms. The third kappa shape index (κ3) is 9.06. The van der Waals surface area contributed by atoms with Crippen molar-refractivity contribution in [3.8, 4) is 0 Å². The highest BCUT2D eigenvalue weighted by molar-refractivity contribution is 5.73. The van der Waals surface area contributed by atoms with Crippen LogP contribution in [0.15, 0.2) is 48.5 Å². The molecule has 33 heavy (non-hydrogen) atoms. The number of carbonyl (C=O) groups is 1. The van der Waals surface area contributed by atoms with Crippen molar-refractivity contribution in [2.45, 2.75) is 52.2 Å². The van der Waals surface area contributed by atoms with Gasteiger partial charge in [-0.2, -0.15) is 13.2 Å². The lowest BCUT2D eigenvalue weighted by Gasteiger charge is -2.31. The molecule has 3 rings (SSSR count). The lowest BCUT2D eigenvalue weighted by atomic mass is 9.99. The molecule has 0 saturated carbocycles. The van der Waals surface area contributed by atoms with E-state index in [0.717, 1.165) is 36.7 Å². The maximum atomic E-state index is 12.3. The summed E-state index contributed by atoms with van der Waals surface area (Å²) in [6, 6.07) is 14.8. The first-order chi connectivity index (χ1) is 15.8. The minimum Gasteiger partial charge on any atom is -0.367 e. The number of amides is 2. The van der Waals surface area contributed by atoms with E-state index in [1.54, 1.807) is 24.3 Å². The highest BCUT2D eigenvalue weighted by Crippen LogP contribution is 2.19. The van der Waals surface area contributed by atoms with E-state index in [1.807, 2.05) is 18.2 Å². The molecule has 2 N–H and O–H groups in total. The number of carbonyl (C=O) groups excluding carboxylic acids is 1. The number of hydrogen-bond acceptors (Lipinski definition) is 3. The van der Waals surface area contributed by atoms with Gasteiger partial charge in [-0.1, -0.05) is 55.5 Å². The van der Waals surface area contributed by atoms with Gasteiger partial charge in [-0.3, -0.25) is 4.90 Å². The summed E-state index contributed by atoms with van der Waals surface area (Å²) in [5.41, 5.74) is 3.83. The van der Waals surface area contributed by atoms with Gasteiger partial charge in [0.25, 0.3) is 0 Å². The quantitative estimate of drug-likeness (QED) is 0.551. The summed E-state index contributed by atoms with van der Waals surface area (Å²) in [5, 5.41) is 5.73. The Kier molecular flexibility index (Phi) is 9.14. The number of alkyl halides is 3. The molecule has 1 aliphatic rings. The fourth-order valence-corrected chi connectivity index (χ4v) is 4.01. The van der Waals surface area contributed by atoms with E-state index < -0.39 is 12.8 Å². The van der Waals surface area contributed by atoms with E-state index in [2.05, 4.69) is 33.3 Å². The molecule has 0 bridgehead atoms. The first kappa shape index (κ1) is 25.1. The minimum atomic E-state index is -4.33. The summed E-state index contributed by atoms with van der Waals surface area (Å²) in [6.07, 6.45) is -1.82. The molecule has 1 unspecified atom stereocenters. The van der Waals surface area contributed by atoms with Crippen molar-refractivity contribution in [1.82, 2.24) is 15.5 Å². The number of halogens is 3. The number of nitrogens with one attached hydrogen (secondary N) is 2. The van der Waals surface area contributed by atoms with E-state index in [9.17, 15) is 18.0 Å². The average molecular weight is 464 g/mol. The van der Waals surface area contributed by atoms with E-state index in [0.29, 0.717) is 18.7 Å². The molecule has 2 aromatic rings. The zero-order valence-electron chi connectivity index (χ0n) is 19.0. The number of urea groups is 1. The molecule has 1 saturated heterocycles. The summed E-state index contributed by atoms with van der Waals surface area (Å²) >= 11 is 0. The molecule has 1 aliphatic heterocycles. The van der Waals surface area contributed by atoms with Crippen molar-refractivity contribution >= 4 is 6.03 Å². The van der Waals surface area contributed by atoms with Crippen molar-refractivity contribution in [1.29, 1.82) is 0 Å². The Labute approximate surface area is 193 Å². The summed E-state index contributed by atoms with van der Waals surface area (Å²) < 4.78 is 41.1. The number of hydrogen-bond donors (Lipinski definition) is 2. The summed E-state index contributed by atoms with van der Waals surface area (Å²) in [7, 11) is 0. The van der Waals surface area contributed by atoms with Gasteiger partial charge in [0.15, 0.2) is 0 Å². The van der Waals surface area contributed by atoms with Gasteiger partial charge in [-0.15, -0.1) is 0 Å². The molecule has 0 radical (unpaired) electrons. The molecule has 1 atom stereocenters. The summed E-state index contributed by atoms with van der Waals surface area (Å²) in [6.45, 7) is 4.79. The van der Waals surface area contributed by atoms with E-state index in [1.165, 1.54) is 18.4 Å². The number of benzene rings is 2. The van der Waals surface area contributed by atoms with Crippen LogP contribution in [0.4, 0.5) is 18.0 Å². The Morgan fingerprint density at radius 2 is 1.70 bits per heavy atom. The van der Waals surface area contributed by atoms with Crippen molar-refractivity contribution in [3.05, 3.63) is 70.8 Å². The first-order valence-corrected chi connectivity index (χ1v) is 11.3. The number of likely N-dealkylation sites (tertiary alicyclic amines) is 1. The molecule has 1 heterocycles. The first-order valence-electron chi connectivity index (χ1n) is 11.3. The van der Waals surface area contributed by atoms with Crippen LogP contribution in [-0.4, -0.2) is 36.8 Å². The van der Waals surface area contributed by atoms with Gasteiger partial charge >= 0.3 is 12.2 Å². The molecule has 5 nitrogen and oxygen atoms in total. The molecular weight excluding hydrogens is 431 g/mol. The Morgan fingerprint density at radius 3 is 2.39 bits per heavy atom. The largest absolute Gasteiger partial charge is 0.411 e. The van der Waals surface area contributed by atoms with Crippen LogP contribution in [0.5, 0.6) is 0 Å². The minimum absolute atomic E-state index is 0.108. The van der Waals surface area contributed by atoms with Gasteiger partial charge in [0.2, 0.25) is 0 Å². The second kappa shape index (κ2) is 12.0. The molecule has 0 spiro atoms. The van der Waals surface area contributed by atoms with Crippen LogP contribution in [0.3, 0.4) is 0 Å². The Morgan fingerprint density at radius 1 is 1.03 bits per heavy atom. The molecule has 180 valence electrons. The van der Waals surface area contributed by atoms with Crippen molar-refractivity contribution < 1.29 is 22.7 Å². The van der Waals surface area contributed by atoms with Crippen molar-refractivity contribution in [2.24, 2.45) is 5.92 Å². The predicted molar refractivity (Wildman–Crippen MR) is 121 cm³/mol. The monoisotopic (exact) mass is 463 g/mol. The van der Waals surface area contributed by atoms with Gasteiger partial charge in [-0.25, -0.2) is 4.79 Å². The van der Waals surface area contributed by atoms with Crippen LogP contribution < -0.4 is 10.6 Å². The lowest BCUT2D eigenvalue weighted by molar-refractivity contribution is -0.176. The van der Waals surface area contributed by atoms with E-state index in [-0.39, 0.29) is 12.6 Å². The summed E-state index contributed by atoms with van der Waals surface area (Å²) in [5.74, 6) is 0.719. The van der Waals surface area contributed by atoms with Crippen LogP contribution in [0.1, 0.15) is 42.0 Å². The van der Waals surface area contributed by atoms with Gasteiger partial charge in [-0.05, 0) is 47.6 Å².